The Morgan fingerprint density at radius 2 is 2.12 bits per heavy atom. The van der Waals surface area contributed by atoms with E-state index in [0.717, 1.165) is 49.9 Å². The molecule has 4 rings (SSSR count). The molecule has 0 unspecified atom stereocenters. The minimum Gasteiger partial charge on any atom is -0.384 e. The van der Waals surface area contributed by atoms with Crippen LogP contribution in [0.25, 0.3) is 10.8 Å². The van der Waals surface area contributed by atoms with Crippen LogP contribution >= 0.6 is 0 Å². The summed E-state index contributed by atoms with van der Waals surface area (Å²) in [6.45, 7) is 3.74. The summed E-state index contributed by atoms with van der Waals surface area (Å²) in [5.41, 5.74) is 0.674. The van der Waals surface area contributed by atoms with Crippen molar-refractivity contribution in [2.24, 2.45) is 11.3 Å². The fraction of sp³-hybridized carbons (Fsp3) is 0.500. The highest BCUT2D eigenvalue weighted by Crippen LogP contribution is 2.44. The third kappa shape index (κ3) is 2.92. The molecule has 2 fully saturated rings. The van der Waals surface area contributed by atoms with E-state index in [9.17, 15) is 4.79 Å². The maximum atomic E-state index is 13.2. The quantitative estimate of drug-likeness (QED) is 0.862. The van der Waals surface area contributed by atoms with Crippen LogP contribution in [0.4, 0.5) is 0 Å². The van der Waals surface area contributed by atoms with E-state index >= 15 is 0 Å². The second-order valence-electron chi connectivity index (χ2n) is 7.19. The normalized spacial score (nSPS) is 22.6. The molecule has 2 aromatic rings. The molecule has 0 saturated carbocycles. The van der Waals surface area contributed by atoms with Gasteiger partial charge in [0.15, 0.2) is 0 Å². The molecular weight excluding hydrogens is 316 g/mol. The van der Waals surface area contributed by atoms with E-state index in [1.807, 2.05) is 35.2 Å². The first-order valence-corrected chi connectivity index (χ1v) is 8.93. The molecule has 0 radical (unpaired) electrons. The van der Waals surface area contributed by atoms with Crippen LogP contribution in [0.1, 0.15) is 23.3 Å². The fourth-order valence-corrected chi connectivity index (χ4v) is 4.40. The lowest BCUT2D eigenvalue weighted by Gasteiger charge is -2.37. The smallest absolute Gasteiger partial charge is 0.273 e. The van der Waals surface area contributed by atoms with E-state index in [4.69, 9.17) is 9.47 Å². The zero-order chi connectivity index (χ0) is 17.3. The molecule has 5 nitrogen and oxygen atoms in total. The minimum absolute atomic E-state index is 0.0290. The summed E-state index contributed by atoms with van der Waals surface area (Å²) in [5.74, 6) is 0.390. The van der Waals surface area contributed by atoms with E-state index in [2.05, 4.69) is 4.98 Å². The Balaban J connectivity index is 1.64. The number of likely N-dealkylation sites (tertiary alicyclic amines) is 1. The molecule has 132 valence electrons. The number of rotatable bonds is 3. The summed E-state index contributed by atoms with van der Waals surface area (Å²) in [6.07, 6.45) is 3.71. The molecule has 1 aromatic heterocycles. The van der Waals surface area contributed by atoms with E-state index in [1.165, 1.54) is 0 Å². The summed E-state index contributed by atoms with van der Waals surface area (Å²) in [6, 6.07) is 9.88. The third-order valence-electron chi connectivity index (χ3n) is 5.83. The zero-order valence-corrected chi connectivity index (χ0v) is 14.6. The van der Waals surface area contributed by atoms with E-state index in [0.29, 0.717) is 18.2 Å². The van der Waals surface area contributed by atoms with Crippen molar-refractivity contribution in [1.82, 2.24) is 9.88 Å². The van der Waals surface area contributed by atoms with Gasteiger partial charge in [-0.25, -0.2) is 0 Å². The molecule has 0 bridgehead atoms. The highest BCUT2D eigenvalue weighted by molar-refractivity contribution is 6.05. The molecule has 0 N–H and O–H groups in total. The first-order chi connectivity index (χ1) is 12.2. The summed E-state index contributed by atoms with van der Waals surface area (Å²) >= 11 is 0. The molecule has 1 spiro atoms. The monoisotopic (exact) mass is 340 g/mol. The van der Waals surface area contributed by atoms with E-state index < -0.39 is 0 Å². The van der Waals surface area contributed by atoms with Gasteiger partial charge in [-0.15, -0.1) is 0 Å². The molecule has 1 aromatic carbocycles. The molecule has 3 heterocycles. The summed E-state index contributed by atoms with van der Waals surface area (Å²) < 4.78 is 11.0. The lowest BCUT2D eigenvalue weighted by molar-refractivity contribution is -0.0169. The lowest BCUT2D eigenvalue weighted by Crippen LogP contribution is -2.39. The van der Waals surface area contributed by atoms with E-state index in [-0.39, 0.29) is 11.3 Å². The van der Waals surface area contributed by atoms with Gasteiger partial charge in [0.05, 0.1) is 6.61 Å². The van der Waals surface area contributed by atoms with Crippen LogP contribution in [0, 0.1) is 11.3 Å². The number of methoxy groups -OCH3 is 1. The van der Waals surface area contributed by atoms with Gasteiger partial charge in [-0.3, -0.25) is 9.78 Å². The standard InChI is InChI=1S/C20H24N2O3/c1-24-13-16-12-22(14-20(16)7-10-25-11-8-20)19(23)18-17-5-3-2-4-15(17)6-9-21-18/h2-6,9,16H,7-8,10-14H2,1H3/t16-/m1/s1. The molecular formula is C20H24N2O3. The van der Waals surface area contributed by atoms with Crippen molar-refractivity contribution in [3.05, 3.63) is 42.2 Å². The zero-order valence-electron chi connectivity index (χ0n) is 14.6. The molecule has 1 amide bonds. The molecule has 2 aliphatic rings. The summed E-state index contributed by atoms with van der Waals surface area (Å²) in [7, 11) is 1.74. The fourth-order valence-electron chi connectivity index (χ4n) is 4.40. The van der Waals surface area contributed by atoms with Crippen molar-refractivity contribution in [3.8, 4) is 0 Å². The molecule has 0 aliphatic carbocycles. The average molecular weight is 340 g/mol. The Kier molecular flexibility index (Phi) is 4.44. The lowest BCUT2D eigenvalue weighted by atomic mass is 9.72. The number of amides is 1. The Hall–Kier alpha value is -1.98. The maximum Gasteiger partial charge on any atom is 0.273 e. The van der Waals surface area contributed by atoms with Gasteiger partial charge in [0, 0.05) is 50.9 Å². The molecule has 25 heavy (non-hydrogen) atoms. The highest BCUT2D eigenvalue weighted by atomic mass is 16.5. The van der Waals surface area contributed by atoms with E-state index in [1.54, 1.807) is 13.3 Å². The number of nitrogens with zero attached hydrogens (tertiary/aromatic N) is 2. The number of hydrogen-bond donors (Lipinski definition) is 0. The number of hydrogen-bond acceptors (Lipinski definition) is 4. The van der Waals surface area contributed by atoms with Crippen molar-refractivity contribution >= 4 is 16.7 Å². The minimum atomic E-state index is 0.0290. The van der Waals surface area contributed by atoms with Crippen molar-refractivity contribution in [1.29, 1.82) is 0 Å². The van der Waals surface area contributed by atoms with Gasteiger partial charge in [0.2, 0.25) is 0 Å². The van der Waals surface area contributed by atoms with Crippen LogP contribution < -0.4 is 0 Å². The topological polar surface area (TPSA) is 51.7 Å². The Morgan fingerprint density at radius 1 is 1.32 bits per heavy atom. The van der Waals surface area contributed by atoms with Crippen LogP contribution in [0.5, 0.6) is 0 Å². The SMILES string of the molecule is COC[C@H]1CN(C(=O)c2nccc3ccccc23)CC12CCOCC2. The number of pyridine rings is 1. The Morgan fingerprint density at radius 3 is 2.92 bits per heavy atom. The van der Waals surface area contributed by atoms with Crippen LogP contribution in [0.15, 0.2) is 36.5 Å². The molecule has 1 atom stereocenters. The van der Waals surface area contributed by atoms with Crippen molar-refractivity contribution in [2.75, 3.05) is 40.0 Å². The average Bonchev–Trinajstić information content (AvgIpc) is 2.99. The number of aromatic nitrogens is 1. The van der Waals surface area contributed by atoms with Gasteiger partial charge in [-0.05, 0) is 29.7 Å². The van der Waals surface area contributed by atoms with Gasteiger partial charge in [-0.1, -0.05) is 24.3 Å². The van der Waals surface area contributed by atoms with Crippen LogP contribution in [0.2, 0.25) is 0 Å². The Labute approximate surface area is 147 Å². The number of benzene rings is 1. The van der Waals surface area contributed by atoms with Gasteiger partial charge in [-0.2, -0.15) is 0 Å². The highest BCUT2D eigenvalue weighted by Gasteiger charge is 2.48. The van der Waals surface area contributed by atoms with Gasteiger partial charge >= 0.3 is 0 Å². The van der Waals surface area contributed by atoms with Crippen LogP contribution in [-0.2, 0) is 9.47 Å². The first kappa shape index (κ1) is 16.5. The van der Waals surface area contributed by atoms with Crippen LogP contribution in [-0.4, -0.2) is 55.8 Å². The largest absolute Gasteiger partial charge is 0.384 e. The third-order valence-corrected chi connectivity index (χ3v) is 5.83. The number of fused-ring (bicyclic) bond motifs is 1. The van der Waals surface area contributed by atoms with Crippen molar-refractivity contribution in [3.63, 3.8) is 0 Å². The van der Waals surface area contributed by atoms with Gasteiger partial charge in [0.1, 0.15) is 5.69 Å². The number of ether oxygens (including phenoxy) is 2. The molecule has 2 saturated heterocycles. The predicted octanol–water partition coefficient (Wildman–Crippen LogP) is 2.75. The summed E-state index contributed by atoms with van der Waals surface area (Å²) in [4.78, 5) is 19.6. The molecule has 2 aliphatic heterocycles. The Bertz CT molecular complexity index is 765. The summed E-state index contributed by atoms with van der Waals surface area (Å²) in [5, 5.41) is 1.97. The molecule has 5 heteroatoms. The predicted molar refractivity (Wildman–Crippen MR) is 95.5 cm³/mol. The van der Waals surface area contributed by atoms with Gasteiger partial charge < -0.3 is 14.4 Å². The van der Waals surface area contributed by atoms with Crippen molar-refractivity contribution < 1.29 is 14.3 Å². The number of carbonyl (C=O) groups excluding carboxylic acids is 1. The maximum absolute atomic E-state index is 13.2. The second kappa shape index (κ2) is 6.73. The first-order valence-electron chi connectivity index (χ1n) is 8.93. The van der Waals surface area contributed by atoms with Gasteiger partial charge in [0.25, 0.3) is 5.91 Å². The van der Waals surface area contributed by atoms with Crippen molar-refractivity contribution in [2.45, 2.75) is 12.8 Å². The second-order valence-corrected chi connectivity index (χ2v) is 7.19. The van der Waals surface area contributed by atoms with Crippen LogP contribution in [0.3, 0.4) is 0 Å². The number of carbonyl (C=O) groups is 1.